The van der Waals surface area contributed by atoms with Crippen molar-refractivity contribution in [3.63, 3.8) is 0 Å². The lowest BCUT2D eigenvalue weighted by Crippen LogP contribution is -2.53. The maximum atomic E-state index is 12.5. The van der Waals surface area contributed by atoms with Gasteiger partial charge in [0.25, 0.3) is 0 Å². The van der Waals surface area contributed by atoms with Gasteiger partial charge in [0.2, 0.25) is 0 Å². The Hall–Kier alpha value is -1.57. The highest BCUT2D eigenvalue weighted by molar-refractivity contribution is 5.89. The van der Waals surface area contributed by atoms with Crippen LogP contribution in [0.25, 0.3) is 0 Å². The van der Waals surface area contributed by atoms with E-state index in [-0.39, 0.29) is 12.1 Å². The molecule has 4 aliphatic rings. The van der Waals surface area contributed by atoms with Gasteiger partial charge < -0.3 is 4.74 Å². The quantitative estimate of drug-likeness (QED) is 0.438. The van der Waals surface area contributed by atoms with E-state index in [1.54, 1.807) is 0 Å². The Morgan fingerprint density at radius 2 is 1.82 bits per heavy atom. The molecular weight excluding hydrogens is 344 g/mol. The third-order valence-electron chi connectivity index (χ3n) is 9.23. The van der Waals surface area contributed by atoms with Crippen molar-refractivity contribution in [3.8, 4) is 0 Å². The Bertz CT molecular complexity index is 768. The molecule has 2 heteroatoms. The summed E-state index contributed by atoms with van der Waals surface area (Å²) in [4.78, 5) is 12.5. The molecule has 28 heavy (non-hydrogen) atoms. The topological polar surface area (TPSA) is 26.3 Å². The number of ether oxygens (including phenoxy) is 1. The second-order valence-electron chi connectivity index (χ2n) is 10.5. The van der Waals surface area contributed by atoms with Crippen LogP contribution in [-0.4, -0.2) is 12.1 Å². The molecule has 0 saturated heterocycles. The zero-order chi connectivity index (χ0) is 19.4. The van der Waals surface area contributed by atoms with Crippen molar-refractivity contribution in [1.29, 1.82) is 0 Å². The average Bonchev–Trinajstić information content (AvgIpc) is 3.11. The zero-order valence-electron chi connectivity index (χ0n) is 17.4. The van der Waals surface area contributed by atoms with Gasteiger partial charge in [-0.05, 0) is 98.0 Å². The van der Waals surface area contributed by atoms with E-state index in [2.05, 4.69) is 26.0 Å². The number of hydrogen-bond donors (Lipinski definition) is 0. The van der Waals surface area contributed by atoms with Crippen LogP contribution >= 0.6 is 0 Å². The molecule has 3 saturated carbocycles. The first-order chi connectivity index (χ1) is 13.5. The maximum absolute atomic E-state index is 12.5. The largest absolute Gasteiger partial charge is 0.459 e. The van der Waals surface area contributed by atoms with Crippen molar-refractivity contribution in [2.75, 3.05) is 0 Å². The number of fused-ring (bicyclic) bond motifs is 5. The summed E-state index contributed by atoms with van der Waals surface area (Å²) in [7, 11) is 0. The van der Waals surface area contributed by atoms with Gasteiger partial charge in [-0.15, -0.1) is 0 Å². The van der Waals surface area contributed by atoms with E-state index < -0.39 is 0 Å². The first kappa shape index (κ1) is 18.5. The van der Waals surface area contributed by atoms with Crippen molar-refractivity contribution < 1.29 is 9.53 Å². The summed E-state index contributed by atoms with van der Waals surface area (Å²) in [5.74, 6) is 3.22. The SMILES string of the molecule is C[C@]12CC[C@@H](OC(=O)c3ccccc3)C[C@@H]1CC[C@H]1[C@H]2CC[C@@]2(C)C=CC[C@H]12. The van der Waals surface area contributed by atoms with E-state index in [0.29, 0.717) is 16.4 Å². The van der Waals surface area contributed by atoms with E-state index in [1.807, 2.05) is 30.3 Å². The summed E-state index contributed by atoms with van der Waals surface area (Å²) < 4.78 is 5.94. The molecule has 150 valence electrons. The Labute approximate surface area is 169 Å². The van der Waals surface area contributed by atoms with E-state index in [1.165, 1.54) is 38.5 Å². The fourth-order valence-electron chi connectivity index (χ4n) is 7.60. The molecule has 0 radical (unpaired) electrons. The Kier molecular flexibility index (Phi) is 4.45. The van der Waals surface area contributed by atoms with Gasteiger partial charge in [0.1, 0.15) is 6.10 Å². The predicted octanol–water partition coefficient (Wildman–Crippen LogP) is 6.42. The van der Waals surface area contributed by atoms with E-state index in [4.69, 9.17) is 4.74 Å². The lowest BCUT2D eigenvalue weighted by Gasteiger charge is -2.60. The molecule has 0 unspecified atom stereocenters. The van der Waals surface area contributed by atoms with Crippen LogP contribution in [0.2, 0.25) is 0 Å². The van der Waals surface area contributed by atoms with Crippen molar-refractivity contribution >= 4 is 5.97 Å². The molecule has 0 N–H and O–H groups in total. The number of esters is 1. The van der Waals surface area contributed by atoms with E-state index in [0.717, 1.165) is 36.5 Å². The number of allylic oxidation sites excluding steroid dienone is 2. The predicted molar refractivity (Wildman–Crippen MR) is 112 cm³/mol. The van der Waals surface area contributed by atoms with E-state index in [9.17, 15) is 4.79 Å². The Morgan fingerprint density at radius 1 is 1.00 bits per heavy atom. The molecule has 1 aromatic rings. The number of rotatable bonds is 2. The molecule has 3 fully saturated rings. The Balaban J connectivity index is 1.28. The lowest BCUT2D eigenvalue weighted by molar-refractivity contribution is -0.118. The third kappa shape index (κ3) is 2.86. The molecule has 0 heterocycles. The van der Waals surface area contributed by atoms with Crippen molar-refractivity contribution in [2.24, 2.45) is 34.5 Å². The van der Waals surface area contributed by atoms with Crippen LogP contribution in [0.5, 0.6) is 0 Å². The van der Waals surface area contributed by atoms with Crippen LogP contribution in [-0.2, 0) is 4.74 Å². The minimum absolute atomic E-state index is 0.101. The molecule has 5 rings (SSSR count). The molecule has 1 aromatic carbocycles. The minimum atomic E-state index is -0.145. The van der Waals surface area contributed by atoms with Gasteiger partial charge in [-0.2, -0.15) is 0 Å². The second kappa shape index (κ2) is 6.75. The minimum Gasteiger partial charge on any atom is -0.459 e. The van der Waals surface area contributed by atoms with Gasteiger partial charge in [-0.3, -0.25) is 0 Å². The first-order valence-electron chi connectivity index (χ1n) is 11.4. The summed E-state index contributed by atoms with van der Waals surface area (Å²) in [6.45, 7) is 5.08. The zero-order valence-corrected chi connectivity index (χ0v) is 17.4. The van der Waals surface area contributed by atoms with Crippen LogP contribution in [0, 0.1) is 34.5 Å². The average molecular weight is 379 g/mol. The number of carbonyl (C=O) groups excluding carboxylic acids is 1. The fraction of sp³-hybridized carbons (Fsp3) is 0.654. The van der Waals surface area contributed by atoms with Crippen molar-refractivity contribution in [1.82, 2.24) is 0 Å². The summed E-state index contributed by atoms with van der Waals surface area (Å²) in [5.41, 5.74) is 1.59. The number of carbonyl (C=O) groups is 1. The van der Waals surface area contributed by atoms with Crippen molar-refractivity contribution in [2.45, 2.75) is 71.3 Å². The molecule has 0 spiro atoms. The molecule has 7 atom stereocenters. The number of benzene rings is 1. The highest BCUT2D eigenvalue weighted by atomic mass is 16.5. The monoisotopic (exact) mass is 378 g/mol. The Morgan fingerprint density at radius 3 is 2.64 bits per heavy atom. The summed E-state index contributed by atoms with van der Waals surface area (Å²) in [6.07, 6.45) is 15.2. The molecule has 2 nitrogen and oxygen atoms in total. The van der Waals surface area contributed by atoms with Gasteiger partial charge in [-0.25, -0.2) is 4.79 Å². The first-order valence-corrected chi connectivity index (χ1v) is 11.4. The normalized spacial score (nSPS) is 44.3. The van der Waals surface area contributed by atoms with Crippen LogP contribution < -0.4 is 0 Å². The molecule has 0 amide bonds. The highest BCUT2D eigenvalue weighted by Crippen LogP contribution is 2.65. The molecule has 4 aliphatic carbocycles. The van der Waals surface area contributed by atoms with Crippen LogP contribution in [0.3, 0.4) is 0 Å². The maximum Gasteiger partial charge on any atom is 0.338 e. The van der Waals surface area contributed by atoms with Crippen LogP contribution in [0.1, 0.15) is 75.6 Å². The van der Waals surface area contributed by atoms with Gasteiger partial charge in [0.05, 0.1) is 5.56 Å². The van der Waals surface area contributed by atoms with Gasteiger partial charge in [0, 0.05) is 0 Å². The van der Waals surface area contributed by atoms with Gasteiger partial charge in [0.15, 0.2) is 0 Å². The summed E-state index contributed by atoms with van der Waals surface area (Å²) in [5, 5.41) is 0. The van der Waals surface area contributed by atoms with Crippen LogP contribution in [0.15, 0.2) is 42.5 Å². The van der Waals surface area contributed by atoms with Crippen LogP contribution in [0.4, 0.5) is 0 Å². The highest BCUT2D eigenvalue weighted by Gasteiger charge is 2.57. The standard InChI is InChI=1S/C26H34O2/c1-25-14-6-9-22(25)21-11-10-19-17-20(12-16-26(19,2)23(21)13-15-25)28-24(27)18-7-4-3-5-8-18/h3-8,14,19-23H,9-13,15-17H2,1-2H3/t19-,20+,21+,22+,23+,25+,26-/m0/s1. The van der Waals surface area contributed by atoms with Gasteiger partial charge >= 0.3 is 5.97 Å². The molecular formula is C26H34O2. The fourth-order valence-corrected chi connectivity index (χ4v) is 7.60. The summed E-state index contributed by atoms with van der Waals surface area (Å²) in [6, 6.07) is 9.47. The third-order valence-corrected chi connectivity index (χ3v) is 9.23. The molecule has 0 aliphatic heterocycles. The lowest BCUT2D eigenvalue weighted by atomic mass is 9.45. The molecule has 0 aromatic heterocycles. The summed E-state index contributed by atoms with van der Waals surface area (Å²) >= 11 is 0. The molecule has 0 bridgehead atoms. The second-order valence-corrected chi connectivity index (χ2v) is 10.5. The smallest absolute Gasteiger partial charge is 0.338 e. The van der Waals surface area contributed by atoms with Gasteiger partial charge in [-0.1, -0.05) is 44.2 Å². The number of hydrogen-bond acceptors (Lipinski definition) is 2. The van der Waals surface area contributed by atoms with Crippen molar-refractivity contribution in [3.05, 3.63) is 48.0 Å². The van der Waals surface area contributed by atoms with E-state index >= 15 is 0 Å².